The molecule has 0 rings (SSSR count). The van der Waals surface area contributed by atoms with Crippen LogP contribution in [0.15, 0.2) is 0 Å². The molecule has 0 N–H and O–H groups in total. The molecule has 14 heavy (non-hydrogen) atoms. The van der Waals surface area contributed by atoms with E-state index in [-0.39, 0.29) is 0 Å². The van der Waals surface area contributed by atoms with E-state index in [1.54, 1.807) is 7.11 Å². The molecule has 0 amide bonds. The first kappa shape index (κ1) is 14.3. The molecule has 0 bridgehead atoms. The highest BCUT2D eigenvalue weighted by Gasteiger charge is 2.03. The van der Waals surface area contributed by atoms with E-state index in [2.05, 4.69) is 19.6 Å². The summed E-state index contributed by atoms with van der Waals surface area (Å²) >= 11 is 4.24. The van der Waals surface area contributed by atoms with Crippen LogP contribution in [0.25, 0.3) is 0 Å². The number of hydrogen-bond acceptors (Lipinski definition) is 2. The first-order valence-corrected chi connectivity index (χ1v) is 6.62. The lowest BCUT2D eigenvalue weighted by atomic mass is 10.1. The summed E-state index contributed by atoms with van der Waals surface area (Å²) in [7, 11) is 1.78. The zero-order valence-corrected chi connectivity index (χ0v) is 10.7. The molecule has 1 unspecified atom stereocenters. The van der Waals surface area contributed by atoms with Gasteiger partial charge in [-0.3, -0.25) is 0 Å². The van der Waals surface area contributed by atoms with Gasteiger partial charge in [0.1, 0.15) is 0 Å². The van der Waals surface area contributed by atoms with Gasteiger partial charge in [0, 0.05) is 12.9 Å². The van der Waals surface area contributed by atoms with Gasteiger partial charge in [0.05, 0.1) is 6.10 Å². The maximum atomic E-state index is 5.27. The van der Waals surface area contributed by atoms with Crippen LogP contribution in [0.3, 0.4) is 0 Å². The largest absolute Gasteiger partial charge is 0.381 e. The SMILES string of the molecule is CCCCCCCCCC(CS)OC. The molecule has 2 heteroatoms. The molecule has 0 aliphatic heterocycles. The monoisotopic (exact) mass is 218 g/mol. The zero-order chi connectivity index (χ0) is 10.6. The van der Waals surface area contributed by atoms with Gasteiger partial charge in [-0.2, -0.15) is 12.6 Å². The van der Waals surface area contributed by atoms with E-state index >= 15 is 0 Å². The molecule has 0 heterocycles. The lowest BCUT2D eigenvalue weighted by Crippen LogP contribution is -2.11. The summed E-state index contributed by atoms with van der Waals surface area (Å²) in [5.74, 6) is 0.854. The van der Waals surface area contributed by atoms with Gasteiger partial charge in [0.15, 0.2) is 0 Å². The van der Waals surface area contributed by atoms with Crippen molar-refractivity contribution in [3.8, 4) is 0 Å². The van der Waals surface area contributed by atoms with E-state index < -0.39 is 0 Å². The number of rotatable bonds is 10. The van der Waals surface area contributed by atoms with Crippen molar-refractivity contribution in [1.82, 2.24) is 0 Å². The van der Waals surface area contributed by atoms with E-state index in [9.17, 15) is 0 Å². The standard InChI is InChI=1S/C12H26OS/c1-3-4-5-6-7-8-9-10-12(11-14)13-2/h12,14H,3-11H2,1-2H3. The van der Waals surface area contributed by atoms with Crippen molar-refractivity contribution in [3.63, 3.8) is 0 Å². The molecule has 1 atom stereocenters. The molecule has 0 aromatic rings. The molecular weight excluding hydrogens is 192 g/mol. The van der Waals surface area contributed by atoms with Gasteiger partial charge in [0.2, 0.25) is 0 Å². The fourth-order valence-corrected chi connectivity index (χ4v) is 1.94. The Morgan fingerprint density at radius 2 is 1.57 bits per heavy atom. The maximum absolute atomic E-state index is 5.27. The van der Waals surface area contributed by atoms with E-state index in [4.69, 9.17) is 4.74 Å². The third-order valence-electron chi connectivity index (χ3n) is 2.67. The highest BCUT2D eigenvalue weighted by atomic mass is 32.1. The Labute approximate surface area is 95.0 Å². The van der Waals surface area contributed by atoms with Crippen molar-refractivity contribution >= 4 is 12.6 Å². The summed E-state index contributed by atoms with van der Waals surface area (Å²) in [6.45, 7) is 2.26. The van der Waals surface area contributed by atoms with Crippen molar-refractivity contribution in [2.45, 2.75) is 64.4 Å². The van der Waals surface area contributed by atoms with Gasteiger partial charge in [-0.25, -0.2) is 0 Å². The predicted octanol–water partition coefficient (Wildman–Crippen LogP) is 4.07. The molecule has 0 aromatic carbocycles. The Morgan fingerprint density at radius 1 is 1.00 bits per heavy atom. The van der Waals surface area contributed by atoms with Crippen LogP contribution < -0.4 is 0 Å². The van der Waals surface area contributed by atoms with Gasteiger partial charge in [0.25, 0.3) is 0 Å². The van der Waals surface area contributed by atoms with Gasteiger partial charge < -0.3 is 4.74 Å². The molecule has 0 aliphatic carbocycles. The van der Waals surface area contributed by atoms with Crippen molar-refractivity contribution in [3.05, 3.63) is 0 Å². The molecular formula is C12H26OS. The Hall–Kier alpha value is 0.310. The normalized spacial score (nSPS) is 13.1. The Kier molecular flexibility index (Phi) is 11.6. The third kappa shape index (κ3) is 8.89. The first-order chi connectivity index (χ1) is 6.85. The van der Waals surface area contributed by atoms with Crippen molar-refractivity contribution < 1.29 is 4.74 Å². The minimum atomic E-state index is 0.369. The number of ether oxygens (including phenoxy) is 1. The molecule has 1 nitrogen and oxygen atoms in total. The smallest absolute Gasteiger partial charge is 0.0659 e. The maximum Gasteiger partial charge on any atom is 0.0659 e. The summed E-state index contributed by atoms with van der Waals surface area (Å²) in [5, 5.41) is 0. The first-order valence-electron chi connectivity index (χ1n) is 5.98. The lowest BCUT2D eigenvalue weighted by molar-refractivity contribution is 0.112. The van der Waals surface area contributed by atoms with E-state index in [1.807, 2.05) is 0 Å². The van der Waals surface area contributed by atoms with E-state index in [1.165, 1.54) is 51.4 Å². The number of thiol groups is 1. The zero-order valence-electron chi connectivity index (χ0n) is 9.80. The van der Waals surface area contributed by atoms with Crippen LogP contribution in [-0.4, -0.2) is 19.0 Å². The van der Waals surface area contributed by atoms with Crippen LogP contribution in [0.1, 0.15) is 58.3 Å². The molecule has 0 fully saturated rings. The molecule has 86 valence electrons. The van der Waals surface area contributed by atoms with Crippen LogP contribution in [-0.2, 0) is 4.74 Å². The van der Waals surface area contributed by atoms with Gasteiger partial charge in [-0.15, -0.1) is 0 Å². The average molecular weight is 218 g/mol. The second-order valence-corrected chi connectivity index (χ2v) is 4.32. The van der Waals surface area contributed by atoms with Crippen LogP contribution in [0, 0.1) is 0 Å². The van der Waals surface area contributed by atoms with Crippen LogP contribution >= 0.6 is 12.6 Å². The third-order valence-corrected chi connectivity index (χ3v) is 3.07. The van der Waals surface area contributed by atoms with Crippen LogP contribution in [0.2, 0.25) is 0 Å². The highest BCUT2D eigenvalue weighted by molar-refractivity contribution is 7.80. The van der Waals surface area contributed by atoms with E-state index in [0.717, 1.165) is 5.75 Å². The fourth-order valence-electron chi connectivity index (χ4n) is 1.61. The highest BCUT2D eigenvalue weighted by Crippen LogP contribution is 2.11. The molecule has 0 saturated carbocycles. The molecule has 0 aliphatic rings. The summed E-state index contributed by atoms with van der Waals surface area (Å²) in [5.41, 5.74) is 0. The van der Waals surface area contributed by atoms with E-state index in [0.29, 0.717) is 6.10 Å². The molecule has 0 spiro atoms. The van der Waals surface area contributed by atoms with Crippen molar-refractivity contribution in [1.29, 1.82) is 0 Å². The van der Waals surface area contributed by atoms with Crippen molar-refractivity contribution in [2.75, 3.05) is 12.9 Å². The minimum Gasteiger partial charge on any atom is -0.381 e. The van der Waals surface area contributed by atoms with Gasteiger partial charge in [-0.1, -0.05) is 51.9 Å². The predicted molar refractivity (Wildman–Crippen MR) is 67.3 cm³/mol. The Balaban J connectivity index is 3.04. The quantitative estimate of drug-likeness (QED) is 0.429. The summed E-state index contributed by atoms with van der Waals surface area (Å²) in [4.78, 5) is 0. The fraction of sp³-hybridized carbons (Fsp3) is 1.00. The molecule has 0 radical (unpaired) electrons. The average Bonchev–Trinajstić information content (AvgIpc) is 2.22. The van der Waals surface area contributed by atoms with Crippen LogP contribution in [0.4, 0.5) is 0 Å². The summed E-state index contributed by atoms with van der Waals surface area (Å²) in [6.07, 6.45) is 11.2. The lowest BCUT2D eigenvalue weighted by Gasteiger charge is -2.11. The second kappa shape index (κ2) is 11.4. The van der Waals surface area contributed by atoms with Gasteiger partial charge >= 0.3 is 0 Å². The minimum absolute atomic E-state index is 0.369. The number of hydrogen-bond donors (Lipinski definition) is 1. The molecule has 0 saturated heterocycles. The van der Waals surface area contributed by atoms with Crippen LogP contribution in [0.5, 0.6) is 0 Å². The molecule has 0 aromatic heterocycles. The number of methoxy groups -OCH3 is 1. The Morgan fingerprint density at radius 3 is 2.07 bits per heavy atom. The second-order valence-electron chi connectivity index (χ2n) is 3.95. The summed E-state index contributed by atoms with van der Waals surface area (Å²) in [6, 6.07) is 0. The topological polar surface area (TPSA) is 9.23 Å². The Bertz CT molecular complexity index is 102. The van der Waals surface area contributed by atoms with Crippen molar-refractivity contribution in [2.24, 2.45) is 0 Å². The van der Waals surface area contributed by atoms with Gasteiger partial charge in [-0.05, 0) is 6.42 Å². The number of unbranched alkanes of at least 4 members (excludes halogenated alkanes) is 6. The summed E-state index contributed by atoms with van der Waals surface area (Å²) < 4.78 is 5.27.